The summed E-state index contributed by atoms with van der Waals surface area (Å²) in [7, 11) is 1.53. The summed E-state index contributed by atoms with van der Waals surface area (Å²) >= 11 is 1.37. The lowest BCUT2D eigenvalue weighted by atomic mass is 9.81. The molecule has 0 bridgehead atoms. The molecule has 2 aliphatic heterocycles. The highest BCUT2D eigenvalue weighted by Crippen LogP contribution is 2.39. The number of carboxylic acid groups (broad SMARTS) is 1. The van der Waals surface area contributed by atoms with E-state index in [0.29, 0.717) is 41.7 Å². The summed E-state index contributed by atoms with van der Waals surface area (Å²) in [5, 5.41) is 12.9. The quantitative estimate of drug-likeness (QED) is 0.365. The van der Waals surface area contributed by atoms with Crippen LogP contribution in [0.5, 0.6) is 5.75 Å². The first-order chi connectivity index (χ1) is 21.0. The van der Waals surface area contributed by atoms with Crippen LogP contribution in [0.1, 0.15) is 93.3 Å². The number of ketones is 1. The van der Waals surface area contributed by atoms with Crippen LogP contribution in [0.4, 0.5) is 4.79 Å². The van der Waals surface area contributed by atoms with E-state index in [1.807, 2.05) is 38.7 Å². The normalized spacial score (nSPS) is 23.7. The van der Waals surface area contributed by atoms with Gasteiger partial charge in [0, 0.05) is 43.2 Å². The number of thiazole rings is 1. The number of rotatable bonds is 9. The fraction of sp³-hybridized carbons (Fsp3) is 0.636. The van der Waals surface area contributed by atoms with Gasteiger partial charge in [-0.2, -0.15) is 0 Å². The Bertz CT molecular complexity index is 1340. The molecule has 0 radical (unpaired) electrons. The van der Waals surface area contributed by atoms with Crippen molar-refractivity contribution in [3.63, 3.8) is 0 Å². The number of methoxy groups -OCH3 is 1. The maximum absolute atomic E-state index is 14.9. The second-order valence-corrected chi connectivity index (χ2v) is 14.1. The molecule has 3 heterocycles. The highest BCUT2D eigenvalue weighted by molar-refractivity contribution is 7.10. The Kier molecular flexibility index (Phi) is 9.96. The van der Waals surface area contributed by atoms with Crippen LogP contribution in [0, 0.1) is 5.92 Å². The van der Waals surface area contributed by atoms with E-state index in [9.17, 15) is 19.5 Å². The van der Waals surface area contributed by atoms with Crippen LogP contribution < -0.4 is 4.74 Å². The molecule has 11 heteroatoms. The summed E-state index contributed by atoms with van der Waals surface area (Å²) in [5.74, 6) is 0.0316. The van der Waals surface area contributed by atoms with Gasteiger partial charge in [-0.1, -0.05) is 31.4 Å². The number of hydrogen-bond acceptors (Lipinski definition) is 8. The average molecular weight is 627 g/mol. The first kappa shape index (κ1) is 32.4. The van der Waals surface area contributed by atoms with E-state index in [1.54, 1.807) is 23.6 Å². The average Bonchev–Trinajstić information content (AvgIpc) is 3.65. The van der Waals surface area contributed by atoms with E-state index in [-0.39, 0.29) is 29.8 Å². The second-order valence-electron chi connectivity index (χ2n) is 13.2. The van der Waals surface area contributed by atoms with E-state index in [4.69, 9.17) is 14.5 Å². The van der Waals surface area contributed by atoms with E-state index in [0.717, 1.165) is 45.1 Å². The maximum atomic E-state index is 14.9. The Morgan fingerprint density at radius 3 is 2.50 bits per heavy atom. The lowest BCUT2D eigenvalue weighted by Crippen LogP contribution is -2.63. The van der Waals surface area contributed by atoms with Gasteiger partial charge in [-0.05, 0) is 65.0 Å². The van der Waals surface area contributed by atoms with Gasteiger partial charge in [0.2, 0.25) is 11.7 Å². The Morgan fingerprint density at radius 2 is 1.84 bits per heavy atom. The lowest BCUT2D eigenvalue weighted by Gasteiger charge is -2.48. The summed E-state index contributed by atoms with van der Waals surface area (Å²) in [6, 6.07) is 5.99. The number of para-hydroxylation sites is 1. The molecule has 1 aromatic heterocycles. The number of amides is 2. The number of ether oxygens (including phenoxy) is 2. The summed E-state index contributed by atoms with van der Waals surface area (Å²) in [6.45, 7) is 9.98. The molecule has 3 aliphatic rings. The smallest absolute Gasteiger partial charge is 0.408 e. The van der Waals surface area contributed by atoms with Gasteiger partial charge in [-0.25, -0.2) is 9.78 Å². The molecule has 4 atom stereocenters. The molecule has 1 aromatic carbocycles. The zero-order valence-corrected chi connectivity index (χ0v) is 27.3. The molecule has 1 saturated carbocycles. The van der Waals surface area contributed by atoms with Crippen molar-refractivity contribution in [3.8, 4) is 5.75 Å². The third-order valence-electron chi connectivity index (χ3n) is 9.31. The molecule has 3 fully saturated rings. The molecule has 0 spiro atoms. The third-order valence-corrected chi connectivity index (χ3v) is 10.3. The Hall–Kier alpha value is -3.02. The summed E-state index contributed by atoms with van der Waals surface area (Å²) in [5.41, 5.74) is -0.0188. The summed E-state index contributed by atoms with van der Waals surface area (Å²) in [4.78, 5) is 51.7. The first-order valence-corrected chi connectivity index (χ1v) is 16.7. The topological polar surface area (TPSA) is 113 Å². The Labute approximate surface area is 264 Å². The minimum Gasteiger partial charge on any atom is -0.496 e. The van der Waals surface area contributed by atoms with Gasteiger partial charge in [0.15, 0.2) is 0 Å². The number of carbonyl (C=O) groups excluding carboxylic acids is 2. The molecule has 10 nitrogen and oxygen atoms in total. The number of aromatic nitrogens is 1. The molecular formula is C33H46N4O6S. The van der Waals surface area contributed by atoms with Crippen molar-refractivity contribution in [1.29, 1.82) is 0 Å². The SMILES string of the molecule is CCO[C@@H]1C[C@@H]2CN(C(=O)[C@H](C3CCCCC3)N(C(=O)O)C(C)(C)C)[C@H](c3nc(C(=O)c4ccccc4OC)cs3)CN2C1. The molecule has 5 rings (SSSR count). The lowest BCUT2D eigenvalue weighted by molar-refractivity contribution is -0.147. The van der Waals surface area contributed by atoms with Gasteiger partial charge in [0.1, 0.15) is 22.5 Å². The maximum Gasteiger partial charge on any atom is 0.408 e. The largest absolute Gasteiger partial charge is 0.496 e. The summed E-state index contributed by atoms with van der Waals surface area (Å²) < 4.78 is 11.4. The van der Waals surface area contributed by atoms with Crippen molar-refractivity contribution in [1.82, 2.24) is 19.7 Å². The van der Waals surface area contributed by atoms with Gasteiger partial charge in [-0.3, -0.25) is 19.4 Å². The van der Waals surface area contributed by atoms with Crippen molar-refractivity contribution < 1.29 is 29.0 Å². The minimum atomic E-state index is -1.08. The highest BCUT2D eigenvalue weighted by Gasteiger charge is 2.49. The number of nitrogens with zero attached hydrogens (tertiary/aromatic N) is 4. The van der Waals surface area contributed by atoms with Crippen LogP contribution in [0.15, 0.2) is 29.6 Å². The zero-order chi connectivity index (χ0) is 31.6. The van der Waals surface area contributed by atoms with Gasteiger partial charge < -0.3 is 19.5 Å². The molecule has 1 N–H and O–H groups in total. The first-order valence-electron chi connectivity index (χ1n) is 15.8. The predicted octanol–water partition coefficient (Wildman–Crippen LogP) is 5.47. The van der Waals surface area contributed by atoms with E-state index in [1.165, 1.54) is 23.3 Å². The van der Waals surface area contributed by atoms with Gasteiger partial charge in [-0.15, -0.1) is 11.3 Å². The van der Waals surface area contributed by atoms with Crippen LogP contribution >= 0.6 is 11.3 Å². The number of hydrogen-bond donors (Lipinski definition) is 1. The van der Waals surface area contributed by atoms with E-state index in [2.05, 4.69) is 4.90 Å². The van der Waals surface area contributed by atoms with Gasteiger partial charge >= 0.3 is 6.09 Å². The fourth-order valence-electron chi connectivity index (χ4n) is 7.32. The van der Waals surface area contributed by atoms with Crippen LogP contribution in [0.2, 0.25) is 0 Å². The molecule has 2 amide bonds. The van der Waals surface area contributed by atoms with Gasteiger partial charge in [0.25, 0.3) is 0 Å². The number of fused-ring (bicyclic) bond motifs is 1. The molecule has 44 heavy (non-hydrogen) atoms. The molecule has 1 aliphatic carbocycles. The van der Waals surface area contributed by atoms with Crippen LogP contribution in [0.25, 0.3) is 0 Å². The number of carbonyl (C=O) groups is 3. The molecular weight excluding hydrogens is 580 g/mol. The predicted molar refractivity (Wildman–Crippen MR) is 168 cm³/mol. The fourth-order valence-corrected chi connectivity index (χ4v) is 8.22. The third kappa shape index (κ3) is 6.65. The van der Waals surface area contributed by atoms with Crippen molar-refractivity contribution in [2.45, 2.75) is 96.0 Å². The molecule has 240 valence electrons. The molecule has 0 unspecified atom stereocenters. The van der Waals surface area contributed by atoms with E-state index < -0.39 is 23.7 Å². The number of benzene rings is 1. The number of piperazine rings is 1. The van der Waals surface area contributed by atoms with Crippen molar-refractivity contribution in [2.24, 2.45) is 5.92 Å². The van der Waals surface area contributed by atoms with E-state index >= 15 is 0 Å². The standard InChI is InChI=1S/C33H46N4O6S/c1-6-43-23-16-22-17-36(31(39)28(21-12-8-7-9-13-21)37(32(40)41)33(2,3)4)26(19-35(22)18-23)30-34-25(20-44-30)29(38)24-14-10-11-15-27(24)42-5/h10-11,14-15,20-23,26,28H,6-9,12-13,16-19H2,1-5H3,(H,40,41)/t22-,23-,26+,28+/m1/s1. The van der Waals surface area contributed by atoms with Crippen LogP contribution in [-0.2, 0) is 9.53 Å². The highest BCUT2D eigenvalue weighted by atomic mass is 32.1. The second kappa shape index (κ2) is 13.5. The minimum absolute atomic E-state index is 0.0519. The van der Waals surface area contributed by atoms with Crippen molar-refractivity contribution in [2.75, 3.05) is 33.4 Å². The van der Waals surface area contributed by atoms with Gasteiger partial charge in [0.05, 0.1) is 24.8 Å². The Morgan fingerprint density at radius 1 is 1.11 bits per heavy atom. The van der Waals surface area contributed by atoms with Crippen molar-refractivity contribution >= 4 is 29.1 Å². The van der Waals surface area contributed by atoms with Crippen LogP contribution in [0.3, 0.4) is 0 Å². The van der Waals surface area contributed by atoms with Crippen LogP contribution in [-0.4, -0.2) is 99.7 Å². The zero-order valence-electron chi connectivity index (χ0n) is 26.5. The monoisotopic (exact) mass is 626 g/mol. The van der Waals surface area contributed by atoms with Crippen molar-refractivity contribution in [3.05, 3.63) is 45.9 Å². The summed E-state index contributed by atoms with van der Waals surface area (Å²) in [6.07, 6.45) is 4.55. The molecule has 2 aromatic rings. The molecule has 2 saturated heterocycles. The Balaban J connectivity index is 1.52.